The van der Waals surface area contributed by atoms with Gasteiger partial charge < -0.3 is 9.88 Å². The van der Waals surface area contributed by atoms with Gasteiger partial charge in [0.25, 0.3) is 0 Å². The van der Waals surface area contributed by atoms with E-state index in [0.29, 0.717) is 5.16 Å². The van der Waals surface area contributed by atoms with Crippen molar-refractivity contribution >= 4 is 23.4 Å². The summed E-state index contributed by atoms with van der Waals surface area (Å²) >= 11 is 1.28. The zero-order valence-electron chi connectivity index (χ0n) is 10.9. The van der Waals surface area contributed by atoms with Gasteiger partial charge >= 0.3 is 0 Å². The van der Waals surface area contributed by atoms with Crippen LogP contribution in [0.3, 0.4) is 0 Å². The van der Waals surface area contributed by atoms with Crippen LogP contribution in [0, 0.1) is 11.6 Å². The van der Waals surface area contributed by atoms with Gasteiger partial charge in [0.2, 0.25) is 5.91 Å². The number of nitrogens with one attached hydrogen (secondary N) is 1. The number of carbonyl (C=O) groups excluding carboxylic acids is 1. The highest BCUT2D eigenvalue weighted by molar-refractivity contribution is 8.00. The molecule has 2 aromatic rings. The summed E-state index contributed by atoms with van der Waals surface area (Å²) in [7, 11) is 1.83. The van der Waals surface area contributed by atoms with Gasteiger partial charge in [0.15, 0.2) is 16.8 Å². The first-order valence-electron chi connectivity index (χ1n) is 5.87. The molecule has 1 aromatic carbocycles. The van der Waals surface area contributed by atoms with Crippen LogP contribution in [-0.2, 0) is 11.8 Å². The van der Waals surface area contributed by atoms with Crippen molar-refractivity contribution in [2.75, 3.05) is 5.32 Å². The van der Waals surface area contributed by atoms with Crippen LogP contribution < -0.4 is 5.32 Å². The SMILES string of the molecule is C[C@@H](Sc1nccn1C)C(=O)Nc1ccc(F)c(F)c1. The summed E-state index contributed by atoms with van der Waals surface area (Å²) in [5.74, 6) is -2.24. The Kier molecular flexibility index (Phi) is 4.39. The predicted molar refractivity (Wildman–Crippen MR) is 73.5 cm³/mol. The van der Waals surface area contributed by atoms with Gasteiger partial charge in [-0.15, -0.1) is 0 Å². The number of hydrogen-bond donors (Lipinski definition) is 1. The molecule has 7 heteroatoms. The topological polar surface area (TPSA) is 46.9 Å². The van der Waals surface area contributed by atoms with Crippen LogP contribution in [-0.4, -0.2) is 20.7 Å². The van der Waals surface area contributed by atoms with Crippen molar-refractivity contribution in [2.24, 2.45) is 7.05 Å². The lowest BCUT2D eigenvalue weighted by Gasteiger charge is -2.11. The maximum absolute atomic E-state index is 13.0. The molecule has 0 bridgehead atoms. The van der Waals surface area contributed by atoms with E-state index in [1.807, 2.05) is 7.05 Å². The van der Waals surface area contributed by atoms with Crippen LogP contribution in [0.25, 0.3) is 0 Å². The van der Waals surface area contributed by atoms with E-state index in [9.17, 15) is 13.6 Å². The second-order valence-corrected chi connectivity index (χ2v) is 5.51. The number of nitrogens with zero attached hydrogens (tertiary/aromatic N) is 2. The van der Waals surface area contributed by atoms with Crippen molar-refractivity contribution in [3.8, 4) is 0 Å². The second kappa shape index (κ2) is 6.04. The first-order valence-corrected chi connectivity index (χ1v) is 6.75. The summed E-state index contributed by atoms with van der Waals surface area (Å²) < 4.78 is 27.6. The molecule has 0 aliphatic heterocycles. The highest BCUT2D eigenvalue weighted by atomic mass is 32.2. The van der Waals surface area contributed by atoms with Gasteiger partial charge in [0.05, 0.1) is 5.25 Å². The summed E-state index contributed by atoms with van der Waals surface area (Å²) in [6.07, 6.45) is 3.42. The van der Waals surface area contributed by atoms with Gasteiger partial charge in [-0.3, -0.25) is 4.79 Å². The van der Waals surface area contributed by atoms with E-state index in [2.05, 4.69) is 10.3 Å². The number of halogens is 2. The third-order valence-corrected chi connectivity index (χ3v) is 3.79. The van der Waals surface area contributed by atoms with Gasteiger partial charge in [-0.1, -0.05) is 11.8 Å². The molecule has 4 nitrogen and oxygen atoms in total. The Morgan fingerprint density at radius 3 is 2.75 bits per heavy atom. The van der Waals surface area contributed by atoms with Crippen molar-refractivity contribution < 1.29 is 13.6 Å². The molecule has 0 aliphatic carbocycles. The maximum atomic E-state index is 13.0. The lowest BCUT2D eigenvalue weighted by atomic mass is 10.3. The normalized spacial score (nSPS) is 12.2. The van der Waals surface area contributed by atoms with Gasteiger partial charge in [0, 0.05) is 31.2 Å². The maximum Gasteiger partial charge on any atom is 0.237 e. The van der Waals surface area contributed by atoms with E-state index < -0.39 is 16.9 Å². The Hall–Kier alpha value is -1.89. The van der Waals surface area contributed by atoms with E-state index >= 15 is 0 Å². The molecule has 0 saturated carbocycles. The van der Waals surface area contributed by atoms with Crippen LogP contribution in [0.1, 0.15) is 6.92 Å². The van der Waals surface area contributed by atoms with E-state index in [0.717, 1.165) is 12.1 Å². The molecule has 1 amide bonds. The lowest BCUT2D eigenvalue weighted by Crippen LogP contribution is -2.22. The lowest BCUT2D eigenvalue weighted by molar-refractivity contribution is -0.115. The number of anilines is 1. The van der Waals surface area contributed by atoms with Crippen LogP contribution in [0.4, 0.5) is 14.5 Å². The van der Waals surface area contributed by atoms with Crippen molar-refractivity contribution in [1.29, 1.82) is 0 Å². The molecule has 0 saturated heterocycles. The van der Waals surface area contributed by atoms with Crippen molar-refractivity contribution in [2.45, 2.75) is 17.3 Å². The van der Waals surface area contributed by atoms with Crippen LogP contribution in [0.5, 0.6) is 0 Å². The first kappa shape index (κ1) is 14.5. The number of imidazole rings is 1. The third kappa shape index (κ3) is 3.36. The monoisotopic (exact) mass is 297 g/mol. The Morgan fingerprint density at radius 2 is 2.15 bits per heavy atom. The molecule has 1 aromatic heterocycles. The van der Waals surface area contributed by atoms with Crippen molar-refractivity contribution in [1.82, 2.24) is 9.55 Å². The predicted octanol–water partition coefficient (Wildman–Crippen LogP) is 2.82. The van der Waals surface area contributed by atoms with Crippen molar-refractivity contribution in [3.63, 3.8) is 0 Å². The number of thioether (sulfide) groups is 1. The fourth-order valence-electron chi connectivity index (χ4n) is 1.49. The smallest absolute Gasteiger partial charge is 0.237 e. The standard InChI is InChI=1S/C13H13F2N3OS/c1-8(20-13-16-5-6-18(13)2)12(19)17-9-3-4-10(14)11(15)7-9/h3-8H,1-2H3,(H,17,19)/t8-/m1/s1. The minimum Gasteiger partial charge on any atom is -0.329 e. The molecule has 0 fully saturated rings. The summed E-state index contributed by atoms with van der Waals surface area (Å²) in [5, 5.41) is 2.83. The number of aryl methyl sites for hydroxylation is 1. The molecule has 0 radical (unpaired) electrons. The quantitative estimate of drug-likeness (QED) is 0.883. The number of benzene rings is 1. The molecule has 1 atom stereocenters. The molecule has 1 N–H and O–H groups in total. The molecule has 0 aliphatic rings. The highest BCUT2D eigenvalue weighted by Gasteiger charge is 2.17. The van der Waals surface area contributed by atoms with E-state index in [4.69, 9.17) is 0 Å². The fourth-order valence-corrected chi connectivity index (χ4v) is 2.33. The van der Waals surface area contributed by atoms with Crippen molar-refractivity contribution in [3.05, 3.63) is 42.2 Å². The molecular formula is C13H13F2N3OS. The molecule has 0 spiro atoms. The molecule has 106 valence electrons. The largest absolute Gasteiger partial charge is 0.329 e. The summed E-state index contributed by atoms with van der Waals surface area (Å²) in [5.41, 5.74) is 0.223. The molecular weight excluding hydrogens is 284 g/mol. The average Bonchev–Trinajstić information content (AvgIpc) is 2.79. The van der Waals surface area contributed by atoms with Gasteiger partial charge in [-0.25, -0.2) is 13.8 Å². The summed E-state index contributed by atoms with van der Waals surface area (Å²) in [6, 6.07) is 3.24. The number of carbonyl (C=O) groups is 1. The number of amides is 1. The minimum absolute atomic E-state index is 0.223. The Bertz CT molecular complexity index is 630. The van der Waals surface area contributed by atoms with Gasteiger partial charge in [0.1, 0.15) is 0 Å². The molecule has 2 rings (SSSR count). The zero-order valence-corrected chi connectivity index (χ0v) is 11.7. The Labute approximate surface area is 119 Å². The summed E-state index contributed by atoms with van der Waals surface area (Å²) in [4.78, 5) is 16.1. The first-order chi connectivity index (χ1) is 9.47. The van der Waals surface area contributed by atoms with Crippen LogP contribution in [0.2, 0.25) is 0 Å². The Morgan fingerprint density at radius 1 is 1.40 bits per heavy atom. The highest BCUT2D eigenvalue weighted by Crippen LogP contribution is 2.22. The fraction of sp³-hybridized carbons (Fsp3) is 0.231. The second-order valence-electron chi connectivity index (χ2n) is 4.20. The molecule has 0 unspecified atom stereocenters. The van der Waals surface area contributed by atoms with Gasteiger partial charge in [-0.05, 0) is 19.1 Å². The minimum atomic E-state index is -0.993. The number of rotatable bonds is 4. The van der Waals surface area contributed by atoms with E-state index in [1.165, 1.54) is 17.8 Å². The average molecular weight is 297 g/mol. The van der Waals surface area contributed by atoms with Crippen LogP contribution >= 0.6 is 11.8 Å². The van der Waals surface area contributed by atoms with E-state index in [1.54, 1.807) is 23.9 Å². The zero-order chi connectivity index (χ0) is 14.7. The number of aromatic nitrogens is 2. The number of hydrogen-bond acceptors (Lipinski definition) is 3. The van der Waals surface area contributed by atoms with Crippen LogP contribution in [0.15, 0.2) is 35.7 Å². The van der Waals surface area contributed by atoms with Gasteiger partial charge in [-0.2, -0.15) is 0 Å². The summed E-state index contributed by atoms with van der Waals surface area (Å²) in [6.45, 7) is 1.72. The molecule has 20 heavy (non-hydrogen) atoms. The Balaban J connectivity index is 2.00. The van der Waals surface area contributed by atoms with E-state index in [-0.39, 0.29) is 11.6 Å². The molecule has 1 heterocycles. The third-order valence-electron chi connectivity index (χ3n) is 2.62.